The molecule has 4 N–H and O–H groups in total. The SMILES string of the molecule is Cc1ccc(S(=O)(=O)N2CCCC2)cc1-c1cccc(C[C@H](NC(=O)C2CCC(CNC(=O)OC(C)(C)C)CC2)C(=O)Nc2ccc(-c3noc(=O)[nH]3)cc2)c1. The van der Waals surface area contributed by atoms with Crippen LogP contribution in [0.25, 0.3) is 22.5 Å². The molecule has 0 spiro atoms. The fraction of sp³-hybridized carbons (Fsp3) is 0.439. The van der Waals surface area contributed by atoms with E-state index in [-0.39, 0.29) is 34.9 Å². The van der Waals surface area contributed by atoms with Gasteiger partial charge >= 0.3 is 11.8 Å². The number of aromatic nitrogens is 2. The largest absolute Gasteiger partial charge is 0.444 e. The van der Waals surface area contributed by atoms with Crippen LogP contribution < -0.4 is 21.7 Å². The van der Waals surface area contributed by atoms with Crippen molar-refractivity contribution >= 4 is 33.6 Å². The number of alkyl carbamates (subject to hydrolysis) is 1. The average Bonchev–Trinajstić information content (AvgIpc) is 3.87. The molecule has 0 bridgehead atoms. The van der Waals surface area contributed by atoms with E-state index in [0.29, 0.717) is 43.7 Å². The molecule has 6 rings (SSSR count). The number of aryl methyl sites for hydroxylation is 1. The van der Waals surface area contributed by atoms with Gasteiger partial charge in [0.15, 0.2) is 5.82 Å². The van der Waals surface area contributed by atoms with Crippen molar-refractivity contribution in [1.82, 2.24) is 25.1 Å². The van der Waals surface area contributed by atoms with Gasteiger partial charge in [-0.2, -0.15) is 4.31 Å². The van der Waals surface area contributed by atoms with Crippen LogP contribution in [0, 0.1) is 18.8 Å². The van der Waals surface area contributed by atoms with E-state index in [0.717, 1.165) is 47.9 Å². The Kier molecular flexibility index (Phi) is 12.4. The Hall–Kier alpha value is -5.28. The summed E-state index contributed by atoms with van der Waals surface area (Å²) >= 11 is 0. The van der Waals surface area contributed by atoms with E-state index in [1.165, 1.54) is 4.31 Å². The highest BCUT2D eigenvalue weighted by Crippen LogP contribution is 2.31. The summed E-state index contributed by atoms with van der Waals surface area (Å²) in [6.07, 6.45) is 4.09. The number of rotatable bonds is 12. The minimum Gasteiger partial charge on any atom is -0.444 e. The van der Waals surface area contributed by atoms with Crippen LogP contribution in [0.2, 0.25) is 0 Å². The third-order valence-electron chi connectivity index (χ3n) is 10.2. The quantitative estimate of drug-likeness (QED) is 0.138. The number of carbonyl (C=O) groups is 3. The number of anilines is 1. The molecule has 14 nitrogen and oxygen atoms in total. The summed E-state index contributed by atoms with van der Waals surface area (Å²) in [6.45, 7) is 8.84. The third-order valence-corrected chi connectivity index (χ3v) is 12.1. The van der Waals surface area contributed by atoms with Crippen molar-refractivity contribution in [2.45, 2.75) is 89.2 Å². The van der Waals surface area contributed by atoms with Crippen LogP contribution in [0.5, 0.6) is 0 Å². The van der Waals surface area contributed by atoms with E-state index >= 15 is 0 Å². The van der Waals surface area contributed by atoms with Gasteiger partial charge in [0.1, 0.15) is 11.6 Å². The number of aromatic amines is 1. The van der Waals surface area contributed by atoms with Crippen molar-refractivity contribution in [3.05, 3.63) is 88.4 Å². The minimum atomic E-state index is -3.63. The van der Waals surface area contributed by atoms with Crippen molar-refractivity contribution in [1.29, 1.82) is 0 Å². The van der Waals surface area contributed by atoms with Gasteiger partial charge in [-0.25, -0.2) is 18.0 Å². The number of nitrogens with zero attached hydrogens (tertiary/aromatic N) is 2. The van der Waals surface area contributed by atoms with Crippen molar-refractivity contribution < 1.29 is 32.1 Å². The van der Waals surface area contributed by atoms with Gasteiger partial charge in [0.25, 0.3) is 0 Å². The molecule has 2 fully saturated rings. The van der Waals surface area contributed by atoms with E-state index in [4.69, 9.17) is 4.74 Å². The van der Waals surface area contributed by atoms with E-state index in [1.807, 2.05) is 58.0 Å². The van der Waals surface area contributed by atoms with Gasteiger partial charge in [-0.05, 0) is 131 Å². The average molecular weight is 787 g/mol. The zero-order chi connectivity index (χ0) is 40.0. The fourth-order valence-corrected chi connectivity index (χ4v) is 8.76. The van der Waals surface area contributed by atoms with Gasteiger partial charge in [-0.1, -0.05) is 35.5 Å². The summed E-state index contributed by atoms with van der Waals surface area (Å²) in [6, 6.07) is 18.5. The number of hydrogen-bond donors (Lipinski definition) is 4. The molecule has 1 aliphatic heterocycles. The van der Waals surface area contributed by atoms with Crippen LogP contribution in [0.1, 0.15) is 70.4 Å². The fourth-order valence-electron chi connectivity index (χ4n) is 7.22. The van der Waals surface area contributed by atoms with Gasteiger partial charge in [0.05, 0.1) is 4.90 Å². The zero-order valence-corrected chi connectivity index (χ0v) is 33.0. The van der Waals surface area contributed by atoms with Crippen LogP contribution in [-0.4, -0.2) is 72.0 Å². The lowest BCUT2D eigenvalue weighted by molar-refractivity contribution is -0.130. The lowest BCUT2D eigenvalue weighted by atomic mass is 9.81. The first-order valence-electron chi connectivity index (χ1n) is 19.1. The Bertz CT molecular complexity index is 2190. The summed E-state index contributed by atoms with van der Waals surface area (Å²) < 4.78 is 38.3. The van der Waals surface area contributed by atoms with Gasteiger partial charge in [-0.15, -0.1) is 0 Å². The molecular weight excluding hydrogens is 737 g/mol. The predicted octanol–water partition coefficient (Wildman–Crippen LogP) is 5.79. The molecule has 0 radical (unpaired) electrons. The zero-order valence-electron chi connectivity index (χ0n) is 32.2. The highest BCUT2D eigenvalue weighted by molar-refractivity contribution is 7.89. The summed E-state index contributed by atoms with van der Waals surface area (Å²) in [4.78, 5) is 54.0. The number of nitrogens with one attached hydrogen (secondary N) is 4. The molecule has 3 amide bonds. The van der Waals surface area contributed by atoms with E-state index in [2.05, 4.69) is 30.6 Å². The second-order valence-corrected chi connectivity index (χ2v) is 17.6. The molecule has 1 aromatic heterocycles. The Morgan fingerprint density at radius 2 is 1.68 bits per heavy atom. The smallest absolute Gasteiger partial charge is 0.439 e. The molecule has 1 aliphatic carbocycles. The molecule has 15 heteroatoms. The summed E-state index contributed by atoms with van der Waals surface area (Å²) in [5, 5.41) is 12.5. The van der Waals surface area contributed by atoms with Crippen LogP contribution in [-0.2, 0) is 30.8 Å². The van der Waals surface area contributed by atoms with Gasteiger partial charge in [-0.3, -0.25) is 19.1 Å². The molecule has 298 valence electrons. The second-order valence-electron chi connectivity index (χ2n) is 15.7. The summed E-state index contributed by atoms with van der Waals surface area (Å²) in [7, 11) is -3.63. The van der Waals surface area contributed by atoms with Gasteiger partial charge in [0, 0.05) is 43.2 Å². The molecule has 1 saturated carbocycles. The maximum Gasteiger partial charge on any atom is 0.439 e. The van der Waals surface area contributed by atoms with Crippen LogP contribution in [0.3, 0.4) is 0 Å². The highest BCUT2D eigenvalue weighted by atomic mass is 32.2. The topological polar surface area (TPSA) is 193 Å². The monoisotopic (exact) mass is 786 g/mol. The van der Waals surface area contributed by atoms with Crippen LogP contribution in [0.15, 0.2) is 80.9 Å². The first-order valence-corrected chi connectivity index (χ1v) is 20.5. The normalized spacial score (nSPS) is 18.2. The molecule has 3 aromatic carbocycles. The summed E-state index contributed by atoms with van der Waals surface area (Å²) in [5.41, 5.74) is 3.71. The minimum absolute atomic E-state index is 0.170. The lowest BCUT2D eigenvalue weighted by Crippen LogP contribution is -2.48. The molecule has 1 saturated heterocycles. The Labute approximate surface area is 326 Å². The molecule has 56 heavy (non-hydrogen) atoms. The second kappa shape index (κ2) is 17.2. The van der Waals surface area contributed by atoms with Crippen LogP contribution >= 0.6 is 0 Å². The predicted molar refractivity (Wildman–Crippen MR) is 211 cm³/mol. The number of benzene rings is 3. The van der Waals surface area contributed by atoms with E-state index < -0.39 is 39.4 Å². The molecule has 0 unspecified atom stereocenters. The van der Waals surface area contributed by atoms with Gasteiger partial charge < -0.3 is 20.7 Å². The number of hydrogen-bond acceptors (Lipinski definition) is 9. The maximum atomic E-state index is 14.0. The summed E-state index contributed by atoms with van der Waals surface area (Å²) in [5.74, 6) is -1.17. The molecular formula is C41H50N6O8S. The molecule has 4 aromatic rings. The third kappa shape index (κ3) is 10.3. The van der Waals surface area contributed by atoms with Crippen molar-refractivity contribution in [3.8, 4) is 22.5 Å². The van der Waals surface area contributed by atoms with E-state index in [9.17, 15) is 27.6 Å². The van der Waals surface area contributed by atoms with Crippen molar-refractivity contribution in [2.75, 3.05) is 25.0 Å². The first kappa shape index (κ1) is 40.4. The Morgan fingerprint density at radius 1 is 0.964 bits per heavy atom. The van der Waals surface area contributed by atoms with E-state index in [1.54, 1.807) is 36.4 Å². The molecule has 1 atom stereocenters. The maximum absolute atomic E-state index is 14.0. The van der Waals surface area contributed by atoms with Crippen molar-refractivity contribution in [3.63, 3.8) is 0 Å². The first-order chi connectivity index (χ1) is 26.6. The number of H-pyrrole nitrogens is 1. The Balaban J connectivity index is 1.18. The Morgan fingerprint density at radius 3 is 2.34 bits per heavy atom. The molecule has 2 heterocycles. The lowest BCUT2D eigenvalue weighted by Gasteiger charge is -2.29. The highest BCUT2D eigenvalue weighted by Gasteiger charge is 2.31. The number of carbonyl (C=O) groups excluding carboxylic acids is 3. The van der Waals surface area contributed by atoms with Crippen molar-refractivity contribution in [2.24, 2.45) is 11.8 Å². The standard InChI is InChI=1S/C41H50N6O8S/c1-26-10-19-33(56(52,53)47-20-5-6-21-47)24-34(26)31-9-7-8-28(22-31)23-35(38(49)43-32-17-15-29(16-18-32)36-45-40(51)55-46-36)44-37(48)30-13-11-27(12-14-30)25-42-39(50)54-41(2,3)4/h7-10,15-19,22,24,27,30,35H,5-6,11-14,20-21,23,25H2,1-4H3,(H,42,50)(H,43,49)(H,44,48)(H,45,46,51)/t27?,30?,35-/m0/s1. The van der Waals surface area contributed by atoms with Crippen LogP contribution in [0.4, 0.5) is 10.5 Å². The molecule has 2 aliphatic rings. The number of ether oxygens (including phenoxy) is 1. The number of sulfonamides is 1. The van der Waals surface area contributed by atoms with Gasteiger partial charge in [0.2, 0.25) is 21.8 Å². The number of amides is 3.